The zero-order chi connectivity index (χ0) is 26.2. The summed E-state index contributed by atoms with van der Waals surface area (Å²) >= 11 is 0. The van der Waals surface area contributed by atoms with Crippen LogP contribution < -0.4 is 14.4 Å². The summed E-state index contributed by atoms with van der Waals surface area (Å²) in [6.07, 6.45) is 0. The van der Waals surface area contributed by atoms with Crippen molar-refractivity contribution in [3.8, 4) is 11.5 Å². The second-order valence-corrected chi connectivity index (χ2v) is 9.95. The molecule has 0 spiro atoms. The number of benzene rings is 3. The van der Waals surface area contributed by atoms with E-state index >= 15 is 0 Å². The van der Waals surface area contributed by atoms with Crippen molar-refractivity contribution in [3.05, 3.63) is 94.6 Å². The number of hydrogen-bond acceptors (Lipinski definition) is 5. The highest BCUT2D eigenvalue weighted by atomic mass is 16.5. The van der Waals surface area contributed by atoms with Crippen LogP contribution in [0.5, 0.6) is 11.5 Å². The van der Waals surface area contributed by atoms with Crippen molar-refractivity contribution < 1.29 is 24.2 Å². The topological polar surface area (TPSA) is 76.1 Å². The molecule has 0 aliphatic carbocycles. The predicted octanol–water partition coefficient (Wildman–Crippen LogP) is 5.94. The normalized spacial score (nSPS) is 17.4. The summed E-state index contributed by atoms with van der Waals surface area (Å²) in [5, 5.41) is 11.5. The summed E-state index contributed by atoms with van der Waals surface area (Å²) < 4.78 is 10.8. The van der Waals surface area contributed by atoms with Crippen molar-refractivity contribution in [2.75, 3.05) is 19.1 Å². The highest BCUT2D eigenvalue weighted by Crippen LogP contribution is 2.43. The number of amides is 1. The van der Waals surface area contributed by atoms with Gasteiger partial charge in [0.2, 0.25) is 0 Å². The van der Waals surface area contributed by atoms with Crippen molar-refractivity contribution in [2.45, 2.75) is 39.2 Å². The van der Waals surface area contributed by atoms with Crippen LogP contribution in [0.2, 0.25) is 0 Å². The largest absolute Gasteiger partial charge is 0.507 e. The lowest BCUT2D eigenvalue weighted by Crippen LogP contribution is -2.29. The first kappa shape index (κ1) is 25.0. The number of aryl methyl sites for hydroxylation is 1. The van der Waals surface area contributed by atoms with E-state index in [0.29, 0.717) is 28.3 Å². The van der Waals surface area contributed by atoms with Crippen molar-refractivity contribution in [1.82, 2.24) is 0 Å². The van der Waals surface area contributed by atoms with E-state index in [1.807, 2.05) is 52.0 Å². The number of methoxy groups -OCH3 is 2. The smallest absolute Gasteiger partial charge is 0.300 e. The third-order valence-corrected chi connectivity index (χ3v) is 6.44. The summed E-state index contributed by atoms with van der Waals surface area (Å²) in [4.78, 5) is 28.3. The van der Waals surface area contributed by atoms with Crippen LogP contribution in [0.1, 0.15) is 49.1 Å². The molecule has 3 aromatic carbocycles. The number of aliphatic hydroxyl groups excluding tert-OH is 1. The van der Waals surface area contributed by atoms with Gasteiger partial charge in [-0.1, -0.05) is 45.0 Å². The predicted molar refractivity (Wildman–Crippen MR) is 141 cm³/mol. The molecule has 1 unspecified atom stereocenters. The Labute approximate surface area is 211 Å². The number of Topliss-reactive ketones (excluding diaryl/α,β-unsaturated/α-hetero) is 1. The molecule has 0 bridgehead atoms. The molecular formula is C30H31NO5. The van der Waals surface area contributed by atoms with E-state index in [2.05, 4.69) is 0 Å². The van der Waals surface area contributed by atoms with Crippen LogP contribution in [-0.2, 0) is 15.0 Å². The van der Waals surface area contributed by atoms with Gasteiger partial charge < -0.3 is 14.6 Å². The lowest BCUT2D eigenvalue weighted by molar-refractivity contribution is -0.132. The van der Waals surface area contributed by atoms with Crippen molar-refractivity contribution in [2.24, 2.45) is 0 Å². The molecule has 1 N–H and O–H groups in total. The zero-order valence-electron chi connectivity index (χ0n) is 21.5. The number of ether oxygens (including phenoxy) is 2. The Bertz CT molecular complexity index is 1350. The van der Waals surface area contributed by atoms with Gasteiger partial charge in [0.25, 0.3) is 11.7 Å². The lowest BCUT2D eigenvalue weighted by Gasteiger charge is -2.26. The number of nitrogens with zero attached hydrogens (tertiary/aromatic N) is 1. The van der Waals surface area contributed by atoms with Gasteiger partial charge in [-0.25, -0.2) is 0 Å². The average Bonchev–Trinajstić information content (AvgIpc) is 3.13. The van der Waals surface area contributed by atoms with E-state index in [-0.39, 0.29) is 16.7 Å². The minimum absolute atomic E-state index is 0.0386. The molecule has 1 heterocycles. The maximum Gasteiger partial charge on any atom is 0.300 e. The Hall–Kier alpha value is -4.06. The van der Waals surface area contributed by atoms with Crippen LogP contribution in [-0.4, -0.2) is 31.0 Å². The Kier molecular flexibility index (Phi) is 6.63. The van der Waals surface area contributed by atoms with Crippen LogP contribution in [0.4, 0.5) is 5.69 Å². The molecule has 1 aliphatic rings. The highest BCUT2D eigenvalue weighted by molar-refractivity contribution is 6.51. The maximum absolute atomic E-state index is 13.4. The summed E-state index contributed by atoms with van der Waals surface area (Å²) in [5.74, 6) is -0.310. The molecule has 4 rings (SSSR count). The van der Waals surface area contributed by atoms with Crippen LogP contribution in [0, 0.1) is 6.92 Å². The molecule has 3 aromatic rings. The SMILES string of the molecule is COc1ccc(C2/C(=C(/O)c3ccc(OC)c(C(C)(C)C)c3)C(=O)C(=O)N2c2cccc(C)c2)cc1. The minimum Gasteiger partial charge on any atom is -0.507 e. The Morgan fingerprint density at radius 3 is 2.19 bits per heavy atom. The summed E-state index contributed by atoms with van der Waals surface area (Å²) in [5.41, 5.74) is 3.31. The highest BCUT2D eigenvalue weighted by Gasteiger charge is 2.47. The molecular weight excluding hydrogens is 454 g/mol. The number of hydrogen-bond donors (Lipinski definition) is 1. The molecule has 186 valence electrons. The van der Waals surface area contributed by atoms with Gasteiger partial charge in [0.05, 0.1) is 25.8 Å². The molecule has 0 radical (unpaired) electrons. The summed E-state index contributed by atoms with van der Waals surface area (Å²) in [7, 11) is 3.17. The third kappa shape index (κ3) is 4.47. The molecule has 0 saturated carbocycles. The maximum atomic E-state index is 13.4. The van der Waals surface area contributed by atoms with Crippen molar-refractivity contribution in [1.29, 1.82) is 0 Å². The van der Waals surface area contributed by atoms with E-state index in [4.69, 9.17) is 9.47 Å². The van der Waals surface area contributed by atoms with Gasteiger partial charge in [0.1, 0.15) is 17.3 Å². The zero-order valence-corrected chi connectivity index (χ0v) is 21.5. The summed E-state index contributed by atoms with van der Waals surface area (Å²) in [6.45, 7) is 8.06. The second kappa shape index (κ2) is 9.53. The monoisotopic (exact) mass is 485 g/mol. The summed E-state index contributed by atoms with van der Waals surface area (Å²) in [6, 6.07) is 19.1. The van der Waals surface area contributed by atoms with E-state index in [0.717, 1.165) is 11.1 Å². The molecule has 1 fully saturated rings. The standard InChI is InChI=1S/C30H31NO5/c1-18-8-7-9-21(16-18)31-26(19-10-13-22(35-5)14-11-19)25(28(33)29(31)34)27(32)20-12-15-24(36-6)23(17-20)30(2,3)4/h7-17,26,32H,1-6H3/b27-25-. The Balaban J connectivity index is 1.95. The fourth-order valence-electron chi connectivity index (χ4n) is 4.58. The van der Waals surface area contributed by atoms with Crippen LogP contribution >= 0.6 is 0 Å². The fraction of sp³-hybridized carbons (Fsp3) is 0.267. The van der Waals surface area contributed by atoms with Crippen LogP contribution in [0.15, 0.2) is 72.3 Å². The van der Waals surface area contributed by atoms with E-state index in [1.165, 1.54) is 4.90 Å². The molecule has 1 aliphatic heterocycles. The number of anilines is 1. The first-order chi connectivity index (χ1) is 17.1. The number of carbonyl (C=O) groups is 2. The van der Waals surface area contributed by atoms with Crippen molar-refractivity contribution >= 4 is 23.1 Å². The number of aliphatic hydroxyl groups is 1. The van der Waals surface area contributed by atoms with E-state index in [1.54, 1.807) is 56.7 Å². The van der Waals surface area contributed by atoms with Gasteiger partial charge in [-0.2, -0.15) is 0 Å². The molecule has 1 saturated heterocycles. The molecule has 36 heavy (non-hydrogen) atoms. The number of rotatable bonds is 5. The fourth-order valence-corrected chi connectivity index (χ4v) is 4.58. The average molecular weight is 486 g/mol. The Morgan fingerprint density at radius 2 is 1.61 bits per heavy atom. The Morgan fingerprint density at radius 1 is 0.917 bits per heavy atom. The third-order valence-electron chi connectivity index (χ3n) is 6.44. The van der Waals surface area contributed by atoms with Gasteiger partial charge in [0, 0.05) is 16.8 Å². The number of carbonyl (C=O) groups excluding carboxylic acids is 2. The number of ketones is 1. The van der Waals surface area contributed by atoms with E-state index < -0.39 is 17.7 Å². The molecule has 6 heteroatoms. The van der Waals surface area contributed by atoms with Gasteiger partial charge in [-0.15, -0.1) is 0 Å². The lowest BCUT2D eigenvalue weighted by atomic mass is 9.84. The van der Waals surface area contributed by atoms with Gasteiger partial charge in [-0.3, -0.25) is 14.5 Å². The first-order valence-corrected chi connectivity index (χ1v) is 11.8. The quantitative estimate of drug-likeness (QED) is 0.275. The minimum atomic E-state index is -0.808. The van der Waals surface area contributed by atoms with E-state index in [9.17, 15) is 14.7 Å². The molecule has 6 nitrogen and oxygen atoms in total. The van der Waals surface area contributed by atoms with Gasteiger partial charge >= 0.3 is 0 Å². The second-order valence-electron chi connectivity index (χ2n) is 9.95. The van der Waals surface area contributed by atoms with Crippen molar-refractivity contribution in [3.63, 3.8) is 0 Å². The van der Waals surface area contributed by atoms with Gasteiger partial charge in [0.15, 0.2) is 0 Å². The van der Waals surface area contributed by atoms with Crippen LogP contribution in [0.3, 0.4) is 0 Å². The van der Waals surface area contributed by atoms with Crippen LogP contribution in [0.25, 0.3) is 5.76 Å². The molecule has 1 atom stereocenters. The molecule has 0 aromatic heterocycles. The molecule has 1 amide bonds. The first-order valence-electron chi connectivity index (χ1n) is 11.8. The van der Waals surface area contributed by atoms with Gasteiger partial charge in [-0.05, 0) is 65.9 Å².